The molecule has 1 aromatic carbocycles. The van der Waals surface area contributed by atoms with Crippen LogP contribution < -0.4 is 4.74 Å². The third kappa shape index (κ3) is 3.73. The molecule has 2 heterocycles. The molecule has 122 valence electrons. The van der Waals surface area contributed by atoms with Crippen LogP contribution in [0.1, 0.15) is 17.5 Å². The molecule has 2 aromatic rings. The predicted octanol–water partition coefficient (Wildman–Crippen LogP) is 2.06. The number of aryl methyl sites for hydroxylation is 2. The number of carbonyl (C=O) groups excluding carboxylic acids is 1. The molecular weight excluding hydrogens is 290 g/mol. The van der Waals surface area contributed by atoms with E-state index in [0.29, 0.717) is 6.61 Å². The average Bonchev–Trinajstić information content (AvgIpc) is 2.99. The lowest BCUT2D eigenvalue weighted by Gasteiger charge is -2.28. The predicted molar refractivity (Wildman–Crippen MR) is 88.3 cm³/mol. The molecular formula is C18H23N3O2. The summed E-state index contributed by atoms with van der Waals surface area (Å²) in [6.45, 7) is 1.23. The molecule has 0 aliphatic carbocycles. The van der Waals surface area contributed by atoms with Crippen molar-refractivity contribution in [2.24, 2.45) is 13.0 Å². The van der Waals surface area contributed by atoms with Gasteiger partial charge in [0.05, 0.1) is 12.1 Å². The molecule has 1 aromatic heterocycles. The molecule has 0 radical (unpaired) electrons. The minimum atomic E-state index is -0.0757. The summed E-state index contributed by atoms with van der Waals surface area (Å²) in [5, 5.41) is 4.16. The lowest BCUT2D eigenvalue weighted by atomic mass is 9.95. The summed E-state index contributed by atoms with van der Waals surface area (Å²) in [6.07, 6.45) is 6.55. The quantitative estimate of drug-likeness (QED) is 0.849. The number of benzene rings is 1. The Morgan fingerprint density at radius 3 is 3.04 bits per heavy atom. The molecule has 0 spiro atoms. The molecule has 23 heavy (non-hydrogen) atoms. The number of ether oxygens (including phenoxy) is 1. The van der Waals surface area contributed by atoms with Gasteiger partial charge in [0.25, 0.3) is 0 Å². The highest BCUT2D eigenvalue weighted by Crippen LogP contribution is 2.27. The first-order valence-corrected chi connectivity index (χ1v) is 8.06. The molecule has 3 rings (SSSR count). The Bertz CT molecular complexity index is 680. The maximum absolute atomic E-state index is 12.6. The fourth-order valence-corrected chi connectivity index (χ4v) is 3.03. The molecule has 1 aliphatic rings. The summed E-state index contributed by atoms with van der Waals surface area (Å²) in [4.78, 5) is 14.4. The van der Waals surface area contributed by atoms with E-state index in [-0.39, 0.29) is 11.8 Å². The lowest BCUT2D eigenvalue weighted by Crippen LogP contribution is -2.39. The number of fused-ring (bicyclic) bond motifs is 1. The van der Waals surface area contributed by atoms with E-state index in [1.54, 1.807) is 4.68 Å². The van der Waals surface area contributed by atoms with E-state index < -0.39 is 0 Å². The number of aromatic nitrogens is 2. The normalized spacial score (nSPS) is 16.5. The van der Waals surface area contributed by atoms with E-state index in [9.17, 15) is 4.79 Å². The van der Waals surface area contributed by atoms with Crippen molar-refractivity contribution < 1.29 is 9.53 Å². The second-order valence-electron chi connectivity index (χ2n) is 6.21. The van der Waals surface area contributed by atoms with E-state index in [4.69, 9.17) is 4.74 Å². The molecule has 0 fully saturated rings. The Kier molecular flexibility index (Phi) is 4.65. The second kappa shape index (κ2) is 6.86. The van der Waals surface area contributed by atoms with Gasteiger partial charge in [0.2, 0.25) is 5.91 Å². The first-order chi connectivity index (χ1) is 11.1. The monoisotopic (exact) mass is 313 g/mol. The molecule has 0 saturated heterocycles. The minimum Gasteiger partial charge on any atom is -0.492 e. The Balaban J connectivity index is 1.50. The summed E-state index contributed by atoms with van der Waals surface area (Å²) in [5.41, 5.74) is 2.34. The van der Waals surface area contributed by atoms with Crippen molar-refractivity contribution in [3.8, 4) is 5.75 Å². The number of hydrogen-bond acceptors (Lipinski definition) is 3. The molecule has 0 unspecified atom stereocenters. The Morgan fingerprint density at radius 1 is 1.43 bits per heavy atom. The summed E-state index contributed by atoms with van der Waals surface area (Å²) >= 11 is 0. The first-order valence-electron chi connectivity index (χ1n) is 8.06. The Morgan fingerprint density at radius 2 is 2.26 bits per heavy atom. The number of carbonyl (C=O) groups is 1. The smallest absolute Gasteiger partial charge is 0.229 e. The van der Waals surface area contributed by atoms with Crippen molar-refractivity contribution in [3.05, 3.63) is 47.8 Å². The van der Waals surface area contributed by atoms with E-state index in [1.807, 2.05) is 55.7 Å². The fourth-order valence-electron chi connectivity index (χ4n) is 3.03. The molecule has 1 aliphatic heterocycles. The molecule has 5 nitrogen and oxygen atoms in total. The van der Waals surface area contributed by atoms with Crippen molar-refractivity contribution >= 4 is 5.91 Å². The van der Waals surface area contributed by atoms with E-state index in [2.05, 4.69) is 5.10 Å². The zero-order valence-electron chi connectivity index (χ0n) is 13.7. The first kappa shape index (κ1) is 15.6. The van der Waals surface area contributed by atoms with Crippen molar-refractivity contribution in [3.63, 3.8) is 0 Å². The summed E-state index contributed by atoms with van der Waals surface area (Å²) < 4.78 is 7.53. The van der Waals surface area contributed by atoms with Crippen LogP contribution in [-0.2, 0) is 24.7 Å². The molecule has 0 saturated carbocycles. The highest BCUT2D eigenvalue weighted by atomic mass is 16.5. The van der Waals surface area contributed by atoms with Crippen LogP contribution >= 0.6 is 0 Å². The Labute approximate surface area is 136 Å². The lowest BCUT2D eigenvalue weighted by molar-refractivity contribution is -0.135. The van der Waals surface area contributed by atoms with Crippen LogP contribution in [0.25, 0.3) is 0 Å². The number of hydrogen-bond donors (Lipinski definition) is 0. The fraction of sp³-hybridized carbons (Fsp3) is 0.444. The van der Waals surface area contributed by atoms with Crippen LogP contribution in [0.4, 0.5) is 0 Å². The SMILES string of the molecule is CN(CCCc1cnn(C)c1)C(=O)[C@@H]1COc2ccccc2C1. The van der Waals surface area contributed by atoms with Crippen LogP contribution in [0.5, 0.6) is 5.75 Å². The van der Waals surface area contributed by atoms with Gasteiger partial charge in [0.1, 0.15) is 12.4 Å². The number of para-hydroxylation sites is 1. The highest BCUT2D eigenvalue weighted by molar-refractivity contribution is 5.79. The van der Waals surface area contributed by atoms with Crippen molar-refractivity contribution in [2.75, 3.05) is 20.2 Å². The minimum absolute atomic E-state index is 0.0757. The molecule has 1 amide bonds. The maximum Gasteiger partial charge on any atom is 0.229 e. The van der Waals surface area contributed by atoms with Crippen LogP contribution in [0, 0.1) is 5.92 Å². The number of rotatable bonds is 5. The van der Waals surface area contributed by atoms with Gasteiger partial charge in [-0.15, -0.1) is 0 Å². The number of amides is 1. The standard InChI is InChI=1S/C18H23N3O2/c1-20(9-5-6-14-11-19-21(2)12-14)18(22)16-10-15-7-3-4-8-17(15)23-13-16/h3-4,7-8,11-12,16H,5-6,9-10,13H2,1-2H3/t16-/m0/s1. The van der Waals surface area contributed by atoms with Crippen LogP contribution in [0.2, 0.25) is 0 Å². The zero-order valence-corrected chi connectivity index (χ0v) is 13.7. The van der Waals surface area contributed by atoms with Crippen molar-refractivity contribution in [1.29, 1.82) is 0 Å². The third-order valence-electron chi connectivity index (χ3n) is 4.32. The maximum atomic E-state index is 12.6. The van der Waals surface area contributed by atoms with Crippen molar-refractivity contribution in [2.45, 2.75) is 19.3 Å². The van der Waals surface area contributed by atoms with E-state index >= 15 is 0 Å². The molecule has 0 bridgehead atoms. The zero-order chi connectivity index (χ0) is 16.2. The van der Waals surface area contributed by atoms with Crippen molar-refractivity contribution in [1.82, 2.24) is 14.7 Å². The summed E-state index contributed by atoms with van der Waals surface area (Å²) in [5.74, 6) is 1.01. The summed E-state index contributed by atoms with van der Waals surface area (Å²) in [6, 6.07) is 7.96. The Hall–Kier alpha value is -2.30. The van der Waals surface area contributed by atoms with Gasteiger partial charge >= 0.3 is 0 Å². The second-order valence-corrected chi connectivity index (χ2v) is 6.21. The van der Waals surface area contributed by atoms with Gasteiger partial charge in [0, 0.05) is 26.8 Å². The van der Waals surface area contributed by atoms with Gasteiger partial charge in [-0.3, -0.25) is 9.48 Å². The van der Waals surface area contributed by atoms with Gasteiger partial charge in [-0.05, 0) is 36.5 Å². The summed E-state index contributed by atoms with van der Waals surface area (Å²) in [7, 11) is 3.80. The van der Waals surface area contributed by atoms with E-state index in [1.165, 1.54) is 5.56 Å². The highest BCUT2D eigenvalue weighted by Gasteiger charge is 2.27. The van der Waals surface area contributed by atoms with Gasteiger partial charge in [0.15, 0.2) is 0 Å². The van der Waals surface area contributed by atoms with Gasteiger partial charge in [-0.1, -0.05) is 18.2 Å². The van der Waals surface area contributed by atoms with Gasteiger partial charge in [-0.25, -0.2) is 0 Å². The van der Waals surface area contributed by atoms with Gasteiger partial charge in [-0.2, -0.15) is 5.10 Å². The van der Waals surface area contributed by atoms with Crippen LogP contribution in [-0.4, -0.2) is 40.8 Å². The van der Waals surface area contributed by atoms with Gasteiger partial charge < -0.3 is 9.64 Å². The van der Waals surface area contributed by atoms with Crippen LogP contribution in [0.3, 0.4) is 0 Å². The largest absolute Gasteiger partial charge is 0.492 e. The molecule has 0 N–H and O–H groups in total. The van der Waals surface area contributed by atoms with Crippen LogP contribution in [0.15, 0.2) is 36.7 Å². The molecule has 1 atom stereocenters. The molecule has 5 heteroatoms. The topological polar surface area (TPSA) is 47.4 Å². The third-order valence-corrected chi connectivity index (χ3v) is 4.32. The average molecular weight is 313 g/mol. The number of nitrogens with zero attached hydrogens (tertiary/aromatic N) is 3. The van der Waals surface area contributed by atoms with E-state index in [0.717, 1.165) is 37.1 Å².